The molecule has 0 amide bonds. The van der Waals surface area contributed by atoms with Crippen LogP contribution in [0.3, 0.4) is 0 Å². The van der Waals surface area contributed by atoms with Crippen LogP contribution in [0.1, 0.15) is 25.3 Å². The van der Waals surface area contributed by atoms with Crippen LogP contribution in [0.25, 0.3) is 0 Å². The van der Waals surface area contributed by atoms with Crippen molar-refractivity contribution in [1.82, 2.24) is 5.32 Å². The lowest BCUT2D eigenvalue weighted by Gasteiger charge is -2.33. The Kier molecular flexibility index (Phi) is 5.25. The third kappa shape index (κ3) is 4.20. The van der Waals surface area contributed by atoms with Crippen LogP contribution in [0.4, 0.5) is 0 Å². The van der Waals surface area contributed by atoms with Gasteiger partial charge in [0.25, 0.3) is 0 Å². The highest BCUT2D eigenvalue weighted by molar-refractivity contribution is 9.10. The lowest BCUT2D eigenvalue weighted by atomic mass is 9.82. The van der Waals surface area contributed by atoms with Gasteiger partial charge in [0.1, 0.15) is 5.75 Å². The maximum absolute atomic E-state index is 5.43. The molecule has 1 fully saturated rings. The van der Waals surface area contributed by atoms with Crippen LogP contribution in [-0.2, 0) is 11.3 Å². The molecule has 1 saturated heterocycles. The second kappa shape index (κ2) is 6.73. The fourth-order valence-electron chi connectivity index (χ4n) is 2.43. The standard InChI is InChI=1S/C15H22BrNO2/c1-15(5-7-19-8-6-15)11-17-10-12-9-13(16)3-4-14(12)18-2/h3-4,9,17H,5-8,10-11H2,1-2H3. The molecule has 19 heavy (non-hydrogen) atoms. The number of hydrogen-bond donors (Lipinski definition) is 1. The van der Waals surface area contributed by atoms with E-state index in [2.05, 4.69) is 34.2 Å². The summed E-state index contributed by atoms with van der Waals surface area (Å²) in [6, 6.07) is 6.11. The zero-order valence-corrected chi connectivity index (χ0v) is 13.3. The number of rotatable bonds is 5. The molecule has 0 saturated carbocycles. The number of halogens is 1. The Morgan fingerprint density at radius 1 is 1.37 bits per heavy atom. The number of hydrogen-bond acceptors (Lipinski definition) is 3. The van der Waals surface area contributed by atoms with Gasteiger partial charge in [-0.3, -0.25) is 0 Å². The van der Waals surface area contributed by atoms with E-state index in [9.17, 15) is 0 Å². The van der Waals surface area contributed by atoms with Gasteiger partial charge in [-0.25, -0.2) is 0 Å². The Bertz CT molecular complexity index is 417. The van der Waals surface area contributed by atoms with Gasteiger partial charge in [-0.1, -0.05) is 22.9 Å². The van der Waals surface area contributed by atoms with Crippen LogP contribution in [0, 0.1) is 5.41 Å². The van der Waals surface area contributed by atoms with Crippen LogP contribution in [0.5, 0.6) is 5.75 Å². The molecular weight excluding hydrogens is 306 g/mol. The van der Waals surface area contributed by atoms with Gasteiger partial charge in [-0.05, 0) is 36.5 Å². The van der Waals surface area contributed by atoms with E-state index in [0.29, 0.717) is 5.41 Å². The molecule has 4 heteroatoms. The molecule has 106 valence electrons. The summed E-state index contributed by atoms with van der Waals surface area (Å²) in [5.41, 5.74) is 1.55. The maximum Gasteiger partial charge on any atom is 0.123 e. The Balaban J connectivity index is 1.90. The summed E-state index contributed by atoms with van der Waals surface area (Å²) in [6.07, 6.45) is 2.27. The molecule has 1 heterocycles. The van der Waals surface area contributed by atoms with Crippen molar-refractivity contribution >= 4 is 15.9 Å². The highest BCUT2D eigenvalue weighted by Crippen LogP contribution is 2.29. The summed E-state index contributed by atoms with van der Waals surface area (Å²) in [4.78, 5) is 0. The molecule has 0 bridgehead atoms. The summed E-state index contributed by atoms with van der Waals surface area (Å²) in [5, 5.41) is 3.56. The number of nitrogens with one attached hydrogen (secondary N) is 1. The Labute approximate surface area is 123 Å². The summed E-state index contributed by atoms with van der Waals surface area (Å²) in [6.45, 7) is 5.96. The third-order valence-electron chi connectivity index (χ3n) is 3.81. The van der Waals surface area contributed by atoms with Gasteiger partial charge in [0, 0.05) is 36.3 Å². The largest absolute Gasteiger partial charge is 0.496 e. The number of benzene rings is 1. The first kappa shape index (κ1) is 14.8. The molecule has 0 aromatic heterocycles. The second-order valence-electron chi connectivity index (χ2n) is 5.48. The Morgan fingerprint density at radius 2 is 2.11 bits per heavy atom. The third-order valence-corrected chi connectivity index (χ3v) is 4.30. The van der Waals surface area contributed by atoms with Gasteiger partial charge in [-0.2, -0.15) is 0 Å². The molecule has 0 atom stereocenters. The van der Waals surface area contributed by atoms with Crippen molar-refractivity contribution in [1.29, 1.82) is 0 Å². The summed E-state index contributed by atoms with van der Waals surface area (Å²) < 4.78 is 11.9. The first-order valence-corrected chi connectivity index (χ1v) is 7.53. The number of ether oxygens (including phenoxy) is 2. The molecule has 3 nitrogen and oxygen atoms in total. The topological polar surface area (TPSA) is 30.5 Å². The van der Waals surface area contributed by atoms with E-state index < -0.39 is 0 Å². The fourth-order valence-corrected chi connectivity index (χ4v) is 2.83. The highest BCUT2D eigenvalue weighted by Gasteiger charge is 2.26. The molecule has 2 rings (SSSR count). The minimum atomic E-state index is 0.359. The molecule has 1 N–H and O–H groups in total. The quantitative estimate of drug-likeness (QED) is 0.899. The molecular formula is C15H22BrNO2. The van der Waals surface area contributed by atoms with Crippen LogP contribution in [0.2, 0.25) is 0 Å². The van der Waals surface area contributed by atoms with Gasteiger partial charge in [0.05, 0.1) is 7.11 Å². The fraction of sp³-hybridized carbons (Fsp3) is 0.600. The zero-order valence-electron chi connectivity index (χ0n) is 11.7. The van der Waals surface area contributed by atoms with Crippen LogP contribution >= 0.6 is 15.9 Å². The minimum absolute atomic E-state index is 0.359. The second-order valence-corrected chi connectivity index (χ2v) is 6.40. The SMILES string of the molecule is COc1ccc(Br)cc1CNCC1(C)CCOCC1. The predicted molar refractivity (Wildman–Crippen MR) is 80.6 cm³/mol. The van der Waals surface area contributed by atoms with Crippen LogP contribution in [0.15, 0.2) is 22.7 Å². The first-order valence-electron chi connectivity index (χ1n) is 6.74. The Morgan fingerprint density at radius 3 is 2.79 bits per heavy atom. The van der Waals surface area contributed by atoms with E-state index in [1.807, 2.05) is 12.1 Å². The molecule has 0 unspecified atom stereocenters. The van der Waals surface area contributed by atoms with E-state index in [-0.39, 0.29) is 0 Å². The van der Waals surface area contributed by atoms with E-state index in [0.717, 1.165) is 49.4 Å². The normalized spacial score (nSPS) is 18.3. The van der Waals surface area contributed by atoms with E-state index in [4.69, 9.17) is 9.47 Å². The van der Waals surface area contributed by atoms with Crippen molar-refractivity contribution in [3.63, 3.8) is 0 Å². The van der Waals surface area contributed by atoms with Gasteiger partial charge >= 0.3 is 0 Å². The minimum Gasteiger partial charge on any atom is -0.496 e. The zero-order chi connectivity index (χ0) is 13.7. The average molecular weight is 328 g/mol. The molecule has 0 spiro atoms. The van der Waals surface area contributed by atoms with Crippen molar-refractivity contribution in [2.75, 3.05) is 26.9 Å². The van der Waals surface area contributed by atoms with Crippen LogP contribution in [-0.4, -0.2) is 26.9 Å². The average Bonchev–Trinajstić information content (AvgIpc) is 2.40. The van der Waals surface area contributed by atoms with Gasteiger partial charge in [0.15, 0.2) is 0 Å². The number of methoxy groups -OCH3 is 1. The summed E-state index contributed by atoms with van der Waals surface area (Å²) >= 11 is 3.50. The van der Waals surface area contributed by atoms with Gasteiger partial charge in [-0.15, -0.1) is 0 Å². The van der Waals surface area contributed by atoms with Gasteiger partial charge < -0.3 is 14.8 Å². The highest BCUT2D eigenvalue weighted by atomic mass is 79.9. The summed E-state index contributed by atoms with van der Waals surface area (Å²) in [7, 11) is 1.71. The van der Waals surface area contributed by atoms with Crippen molar-refractivity contribution in [3.8, 4) is 5.75 Å². The van der Waals surface area contributed by atoms with Crippen molar-refractivity contribution < 1.29 is 9.47 Å². The van der Waals surface area contributed by atoms with Crippen molar-refractivity contribution in [2.24, 2.45) is 5.41 Å². The van der Waals surface area contributed by atoms with E-state index >= 15 is 0 Å². The molecule has 0 radical (unpaired) electrons. The lowest BCUT2D eigenvalue weighted by Crippen LogP contribution is -2.36. The van der Waals surface area contributed by atoms with E-state index in [1.54, 1.807) is 7.11 Å². The van der Waals surface area contributed by atoms with Crippen LogP contribution < -0.4 is 10.1 Å². The Hall–Kier alpha value is -0.580. The molecule has 1 aromatic carbocycles. The maximum atomic E-state index is 5.43. The molecule has 0 aliphatic carbocycles. The van der Waals surface area contributed by atoms with E-state index in [1.165, 1.54) is 5.56 Å². The lowest BCUT2D eigenvalue weighted by molar-refractivity contribution is 0.0240. The molecule has 1 aliphatic rings. The molecule has 1 aliphatic heterocycles. The van der Waals surface area contributed by atoms with Crippen molar-refractivity contribution in [3.05, 3.63) is 28.2 Å². The molecule has 1 aromatic rings. The van der Waals surface area contributed by atoms with Gasteiger partial charge in [0.2, 0.25) is 0 Å². The predicted octanol–water partition coefficient (Wildman–Crippen LogP) is 3.36. The summed E-state index contributed by atoms with van der Waals surface area (Å²) in [5.74, 6) is 0.938. The monoisotopic (exact) mass is 327 g/mol. The first-order chi connectivity index (χ1) is 9.13. The smallest absolute Gasteiger partial charge is 0.123 e. The van der Waals surface area contributed by atoms with Crippen molar-refractivity contribution in [2.45, 2.75) is 26.3 Å².